The minimum atomic E-state index is -2.53. The molecule has 2 saturated heterocycles. The number of aromatic nitrogens is 1. The number of allylic oxidation sites excluding steroid dienone is 2. The number of rotatable bonds is 10. The third kappa shape index (κ3) is 8.95. The van der Waals surface area contributed by atoms with Crippen LogP contribution in [0.1, 0.15) is 61.3 Å². The molecule has 2 fully saturated rings. The van der Waals surface area contributed by atoms with Gasteiger partial charge in [0.05, 0.1) is 60.4 Å². The molecular weight excluding hydrogens is 1040 g/mol. The third-order valence-corrected chi connectivity index (χ3v) is 13.9. The van der Waals surface area contributed by atoms with E-state index < -0.39 is 162 Å². The number of carbonyl (C=O) groups is 4. The Labute approximate surface area is 432 Å². The minimum Gasteiger partial charge on any atom is -0.462 e. The second-order valence-corrected chi connectivity index (χ2v) is 18.5. The fraction of sp³-hybridized carbons (Fsp3) is 0.333. The van der Waals surface area contributed by atoms with Crippen LogP contribution in [0, 0.1) is 81.8 Å². The Bertz CT molecular complexity index is 3120. The van der Waals surface area contributed by atoms with E-state index in [9.17, 15) is 28.0 Å². The van der Waals surface area contributed by atoms with Crippen LogP contribution in [0.2, 0.25) is 0 Å². The predicted octanol–water partition coefficient (Wildman–Crippen LogP) is 8.66. The van der Waals surface area contributed by atoms with Crippen molar-refractivity contribution in [2.24, 2.45) is 33.7 Å². The first-order valence-corrected chi connectivity index (χ1v) is 24.2. The molecule has 3 aromatic carbocycles. The van der Waals surface area contributed by atoms with E-state index in [1.807, 2.05) is 0 Å². The van der Waals surface area contributed by atoms with Crippen molar-refractivity contribution in [1.29, 1.82) is 0 Å². The number of H-pyrrole nitrogens is 1. The number of aromatic amines is 1. The molecule has 1 N–H and O–H groups in total. The lowest BCUT2D eigenvalue weighted by atomic mass is 9.81. The number of likely N-dealkylation sites (tertiary alicyclic amines) is 2. The van der Waals surface area contributed by atoms with Crippen molar-refractivity contribution in [2.45, 2.75) is 27.7 Å². The van der Waals surface area contributed by atoms with Gasteiger partial charge in [-0.15, -0.1) is 0 Å². The van der Waals surface area contributed by atoms with Gasteiger partial charge >= 0.3 is 23.9 Å². The summed E-state index contributed by atoms with van der Waals surface area (Å²) in [7, 11) is 3.23. The van der Waals surface area contributed by atoms with E-state index in [1.54, 1.807) is 23.9 Å². The first-order chi connectivity index (χ1) is 36.7. The number of carbonyl (C=O) groups excluding carboxylic acids is 4. The summed E-state index contributed by atoms with van der Waals surface area (Å²) < 4.78 is 180. The highest BCUT2D eigenvalue weighted by molar-refractivity contribution is 6.39. The normalized spacial score (nSPS) is 21.9. The lowest BCUT2D eigenvalue weighted by Gasteiger charge is -2.21. The van der Waals surface area contributed by atoms with Crippen LogP contribution in [-0.4, -0.2) is 117 Å². The minimum absolute atomic E-state index is 0.0135. The Balaban J connectivity index is 1.56. The van der Waals surface area contributed by atoms with Crippen molar-refractivity contribution in [1.82, 2.24) is 14.8 Å². The highest BCUT2D eigenvalue weighted by Gasteiger charge is 2.50. The van der Waals surface area contributed by atoms with E-state index in [2.05, 4.69) is 4.98 Å². The molecule has 0 saturated carbocycles. The summed E-state index contributed by atoms with van der Waals surface area (Å²) in [6.45, 7) is 4.41. The maximum Gasteiger partial charge on any atom is 0.346 e. The zero-order chi connectivity index (χ0) is 55.6. The van der Waals surface area contributed by atoms with Crippen LogP contribution in [0.15, 0.2) is 68.9 Å². The Morgan fingerprint density at radius 1 is 0.481 bits per heavy atom. The maximum atomic E-state index is 16.6. The zero-order valence-corrected chi connectivity index (χ0v) is 41.8. The molecule has 4 unspecified atom stereocenters. The molecule has 5 aliphatic rings. The highest BCUT2D eigenvalue weighted by atomic mass is 19.2. The number of halogens is 10. The molecule has 404 valence electrons. The highest BCUT2D eigenvalue weighted by Crippen LogP contribution is 2.51. The van der Waals surface area contributed by atoms with Crippen LogP contribution in [0.5, 0.6) is 0 Å². The van der Waals surface area contributed by atoms with Crippen molar-refractivity contribution in [3.8, 4) is 0 Å². The Hall–Kier alpha value is -7.66. The zero-order valence-electron chi connectivity index (χ0n) is 41.8. The molecule has 0 radical (unpaired) electrons. The smallest absolute Gasteiger partial charge is 0.346 e. The summed E-state index contributed by atoms with van der Waals surface area (Å²) in [6.07, 6.45) is 0. The SMILES string of the molecule is CCOC(=O)C(C(=O)OCC)=C1C2=N/C(=C(/c3c(F)c(F)c(F)c(F)c3F)c3ccc([nH]3)/C(c3c(F)c(F)c(F)c(F)c3F)=C3\N=C(C(=C(C(=O)OCC)C(=O)OCC)c4cccc1c4)C1CN(C)CC31)C1CN(C)CC21. The average molecular weight is 1080 g/mol. The van der Waals surface area contributed by atoms with Crippen LogP contribution in [0.4, 0.5) is 43.9 Å². The number of aliphatic imine (C=N–C) groups is 2. The quantitative estimate of drug-likeness (QED) is 0.0239. The monoisotopic (exact) mass is 1080 g/mol. The van der Waals surface area contributed by atoms with Crippen LogP contribution in [0.3, 0.4) is 0 Å². The van der Waals surface area contributed by atoms with Crippen LogP contribution >= 0.6 is 0 Å². The largest absolute Gasteiger partial charge is 0.462 e. The molecule has 5 aliphatic heterocycles. The fourth-order valence-electron chi connectivity index (χ4n) is 10.9. The van der Waals surface area contributed by atoms with Gasteiger partial charge in [0.2, 0.25) is 11.6 Å². The molecule has 4 aromatic rings. The van der Waals surface area contributed by atoms with Gasteiger partial charge in [0.1, 0.15) is 0 Å². The predicted molar refractivity (Wildman–Crippen MR) is 256 cm³/mol. The topological polar surface area (TPSA) is 152 Å². The summed E-state index contributed by atoms with van der Waals surface area (Å²) in [5.74, 6) is -33.4. The molecule has 0 aliphatic carbocycles. The lowest BCUT2D eigenvalue weighted by molar-refractivity contribution is -0.148. The van der Waals surface area contributed by atoms with Crippen molar-refractivity contribution in [3.63, 3.8) is 0 Å². The summed E-state index contributed by atoms with van der Waals surface area (Å²) in [6, 6.07) is 7.46. The number of ether oxygens (including phenoxy) is 4. The number of nitrogens with one attached hydrogen (secondary N) is 1. The fourth-order valence-corrected chi connectivity index (χ4v) is 10.9. The summed E-state index contributed by atoms with van der Waals surface area (Å²) in [4.78, 5) is 73.3. The van der Waals surface area contributed by atoms with Crippen molar-refractivity contribution in [2.75, 3.05) is 66.7 Å². The maximum absolute atomic E-state index is 16.6. The number of esters is 4. The van der Waals surface area contributed by atoms with E-state index in [4.69, 9.17) is 28.9 Å². The Morgan fingerprint density at radius 3 is 1.09 bits per heavy atom. The molecule has 13 nitrogen and oxygen atoms in total. The van der Waals surface area contributed by atoms with Gasteiger partial charge in [-0.2, -0.15) is 0 Å². The number of nitrogens with zero attached hydrogens (tertiary/aromatic N) is 4. The number of hydrogen-bond acceptors (Lipinski definition) is 12. The van der Waals surface area contributed by atoms with Crippen molar-refractivity contribution >= 4 is 57.6 Å². The van der Waals surface area contributed by atoms with E-state index in [-0.39, 0.29) is 86.3 Å². The van der Waals surface area contributed by atoms with Gasteiger partial charge in [0, 0.05) is 83.5 Å². The lowest BCUT2D eigenvalue weighted by Crippen LogP contribution is -2.27. The number of hydrogen-bond donors (Lipinski definition) is 1. The number of fused-ring (bicyclic) bond motifs is 12. The van der Waals surface area contributed by atoms with Crippen LogP contribution < -0.4 is 0 Å². The second-order valence-electron chi connectivity index (χ2n) is 18.5. The van der Waals surface area contributed by atoms with Gasteiger partial charge in [-0.1, -0.05) is 18.2 Å². The van der Waals surface area contributed by atoms with E-state index in [0.29, 0.717) is 0 Å². The molecule has 8 bridgehead atoms. The van der Waals surface area contributed by atoms with Gasteiger partial charge in [-0.05, 0) is 71.1 Å². The molecular formula is C54H45F10N5O8. The molecule has 0 spiro atoms. The van der Waals surface area contributed by atoms with Crippen LogP contribution in [0.25, 0.3) is 22.3 Å². The van der Waals surface area contributed by atoms with Gasteiger partial charge in [0.25, 0.3) is 0 Å². The van der Waals surface area contributed by atoms with Crippen LogP contribution in [-0.2, 0) is 38.1 Å². The first-order valence-electron chi connectivity index (χ1n) is 24.2. The Kier molecular flexibility index (Phi) is 14.8. The molecule has 0 amide bonds. The summed E-state index contributed by atoms with van der Waals surface area (Å²) >= 11 is 0. The molecule has 77 heavy (non-hydrogen) atoms. The third-order valence-electron chi connectivity index (χ3n) is 13.9. The molecule has 23 heteroatoms. The van der Waals surface area contributed by atoms with E-state index >= 15 is 35.1 Å². The molecule has 6 heterocycles. The van der Waals surface area contributed by atoms with Gasteiger partial charge < -0.3 is 33.7 Å². The number of benzene rings is 3. The first kappa shape index (κ1) is 54.1. The van der Waals surface area contributed by atoms with E-state index in [0.717, 1.165) is 12.1 Å². The van der Waals surface area contributed by atoms with Crippen molar-refractivity contribution in [3.05, 3.63) is 151 Å². The molecule has 9 rings (SSSR count). The van der Waals surface area contributed by atoms with Gasteiger partial charge in [-0.25, -0.2) is 63.1 Å². The standard InChI is InChI=1S/C54H45F10N5O8/c1-7-74-51(70)35(52(71)75-8-2)29-21-12-11-13-22(16-21)30(36(53(72)76-9-3)54(73)77-10-4)48-24-18-69(6)20-26(24)50(67-48)32(34-39(57)43(61)46(64)44(62)40(34)58)28-15-14-27(65-28)31(33-37(55)41(59)45(63)42(60)38(33)56)49-25-19-68(5)17-23(25)47(29)66-49/h11-16,23-26,65H,7-10,17-20H2,1-6H3/b49-31+,50-32+. The molecule has 4 atom stereocenters. The average Bonchev–Trinajstić information content (AvgIpc) is 4.33. The van der Waals surface area contributed by atoms with Gasteiger partial charge in [-0.3, -0.25) is 9.98 Å². The summed E-state index contributed by atoms with van der Waals surface area (Å²) in [5, 5.41) is 0. The summed E-state index contributed by atoms with van der Waals surface area (Å²) in [5.41, 5.74) is -9.56. The molecule has 1 aromatic heterocycles. The Morgan fingerprint density at radius 2 is 0.779 bits per heavy atom. The van der Waals surface area contributed by atoms with Crippen molar-refractivity contribution < 1.29 is 82.0 Å². The van der Waals surface area contributed by atoms with E-state index in [1.165, 1.54) is 52.0 Å². The van der Waals surface area contributed by atoms with Gasteiger partial charge in [0.15, 0.2) is 57.7 Å². The second kappa shape index (κ2) is 21.0.